The van der Waals surface area contributed by atoms with Crippen LogP contribution in [0.15, 0.2) is 18.2 Å². The molecule has 1 saturated heterocycles. The lowest BCUT2D eigenvalue weighted by Crippen LogP contribution is -2.40. The normalized spacial score (nSPS) is 20.2. The summed E-state index contributed by atoms with van der Waals surface area (Å²) in [7, 11) is 3.30. The van der Waals surface area contributed by atoms with Gasteiger partial charge in [0.15, 0.2) is 0 Å². The van der Waals surface area contributed by atoms with E-state index in [2.05, 4.69) is 5.32 Å². The molecule has 156 valence electrons. The van der Waals surface area contributed by atoms with E-state index in [1.165, 1.54) is 32.1 Å². The van der Waals surface area contributed by atoms with Gasteiger partial charge in [-0.05, 0) is 44.2 Å². The maximum absolute atomic E-state index is 12.7. The molecule has 0 bridgehead atoms. The largest absolute Gasteiger partial charge is 0.497 e. The molecule has 3 rings (SSSR count). The number of rotatable bonds is 8. The van der Waals surface area contributed by atoms with Crippen molar-refractivity contribution in [1.82, 2.24) is 10.2 Å². The number of benzene rings is 1. The number of amides is 2. The molecule has 1 aliphatic carbocycles. The standard InChI is InChI=1S/C22H34N2O4/c1-26-18-11-12-19(21(16-18)27-2)20-10-6-14-24(20)22(25)23-13-7-15-28-17-8-4-3-5-9-17/h11-12,16-17,20H,3-10,13-15H2,1-2H3,(H,23,25)/t20-/m1/s1. The van der Waals surface area contributed by atoms with Crippen molar-refractivity contribution in [3.05, 3.63) is 23.8 Å². The van der Waals surface area contributed by atoms with Crippen molar-refractivity contribution >= 4 is 6.03 Å². The van der Waals surface area contributed by atoms with E-state index in [4.69, 9.17) is 14.2 Å². The maximum atomic E-state index is 12.7. The van der Waals surface area contributed by atoms with Gasteiger partial charge in [-0.3, -0.25) is 0 Å². The van der Waals surface area contributed by atoms with Crippen LogP contribution in [0.4, 0.5) is 4.79 Å². The fourth-order valence-electron chi connectivity index (χ4n) is 4.28. The van der Waals surface area contributed by atoms with Crippen molar-refractivity contribution in [2.75, 3.05) is 33.9 Å². The van der Waals surface area contributed by atoms with Gasteiger partial charge in [0.05, 0.1) is 26.4 Å². The SMILES string of the molecule is COc1ccc([C@H]2CCCN2C(=O)NCCCOC2CCCCC2)c(OC)c1. The Morgan fingerprint density at radius 1 is 1.11 bits per heavy atom. The molecule has 1 N–H and O–H groups in total. The van der Waals surface area contributed by atoms with Crippen LogP contribution < -0.4 is 14.8 Å². The first kappa shape index (κ1) is 20.8. The van der Waals surface area contributed by atoms with E-state index in [-0.39, 0.29) is 12.1 Å². The number of carbonyl (C=O) groups is 1. The number of hydrogen-bond donors (Lipinski definition) is 1. The minimum Gasteiger partial charge on any atom is -0.497 e. The van der Waals surface area contributed by atoms with Gasteiger partial charge < -0.3 is 24.4 Å². The quantitative estimate of drug-likeness (QED) is 0.673. The second kappa shape index (κ2) is 10.6. The molecule has 1 aliphatic heterocycles. The Morgan fingerprint density at radius 3 is 2.68 bits per heavy atom. The number of ether oxygens (including phenoxy) is 3. The zero-order chi connectivity index (χ0) is 19.8. The van der Waals surface area contributed by atoms with Crippen molar-refractivity contribution in [2.24, 2.45) is 0 Å². The van der Waals surface area contributed by atoms with Crippen LogP contribution in [0.3, 0.4) is 0 Å². The minimum absolute atomic E-state index is 0.00182. The van der Waals surface area contributed by atoms with E-state index in [9.17, 15) is 4.79 Å². The summed E-state index contributed by atoms with van der Waals surface area (Å²) in [6.45, 7) is 2.14. The summed E-state index contributed by atoms with van der Waals surface area (Å²) in [5.41, 5.74) is 1.04. The lowest BCUT2D eigenvalue weighted by molar-refractivity contribution is 0.0274. The van der Waals surface area contributed by atoms with E-state index in [0.717, 1.165) is 49.5 Å². The third-order valence-corrected chi connectivity index (χ3v) is 5.82. The molecular formula is C22H34N2O4. The van der Waals surface area contributed by atoms with Crippen LogP contribution in [0.2, 0.25) is 0 Å². The molecule has 0 aromatic heterocycles. The second-order valence-electron chi connectivity index (χ2n) is 7.68. The molecule has 1 aromatic rings. The van der Waals surface area contributed by atoms with Crippen molar-refractivity contribution in [3.8, 4) is 11.5 Å². The van der Waals surface area contributed by atoms with E-state index in [0.29, 0.717) is 12.6 Å². The van der Waals surface area contributed by atoms with Crippen LogP contribution in [0.1, 0.15) is 63.0 Å². The lowest BCUT2D eigenvalue weighted by atomic mass is 9.98. The summed E-state index contributed by atoms with van der Waals surface area (Å²) in [5.74, 6) is 1.53. The summed E-state index contributed by atoms with van der Waals surface area (Å²) in [4.78, 5) is 14.6. The highest BCUT2D eigenvalue weighted by molar-refractivity contribution is 5.75. The van der Waals surface area contributed by atoms with Gasteiger partial charge >= 0.3 is 6.03 Å². The first-order valence-corrected chi connectivity index (χ1v) is 10.6. The van der Waals surface area contributed by atoms with E-state index in [1.807, 2.05) is 23.1 Å². The molecule has 1 saturated carbocycles. The molecule has 1 aromatic carbocycles. The molecule has 1 heterocycles. The zero-order valence-electron chi connectivity index (χ0n) is 17.2. The average Bonchev–Trinajstić information content (AvgIpc) is 3.23. The highest BCUT2D eigenvalue weighted by atomic mass is 16.5. The Hall–Kier alpha value is -1.95. The van der Waals surface area contributed by atoms with Crippen molar-refractivity contribution in [3.63, 3.8) is 0 Å². The molecule has 2 fully saturated rings. The second-order valence-corrected chi connectivity index (χ2v) is 7.68. The van der Waals surface area contributed by atoms with Gasteiger partial charge in [-0.2, -0.15) is 0 Å². The van der Waals surface area contributed by atoms with Gasteiger partial charge in [0.25, 0.3) is 0 Å². The van der Waals surface area contributed by atoms with Gasteiger partial charge in [-0.1, -0.05) is 19.3 Å². The third-order valence-electron chi connectivity index (χ3n) is 5.82. The minimum atomic E-state index is -0.00182. The summed E-state index contributed by atoms with van der Waals surface area (Å²) >= 11 is 0. The van der Waals surface area contributed by atoms with Crippen LogP contribution in [0.5, 0.6) is 11.5 Å². The van der Waals surface area contributed by atoms with Crippen molar-refractivity contribution in [1.29, 1.82) is 0 Å². The van der Waals surface area contributed by atoms with Crippen LogP contribution in [0, 0.1) is 0 Å². The van der Waals surface area contributed by atoms with Crippen LogP contribution in [-0.2, 0) is 4.74 Å². The molecule has 1 atom stereocenters. The summed E-state index contributed by atoms with van der Waals surface area (Å²) in [6.07, 6.45) is 9.50. The molecular weight excluding hydrogens is 356 g/mol. The molecule has 6 nitrogen and oxygen atoms in total. The Balaban J connectivity index is 1.48. The smallest absolute Gasteiger partial charge is 0.317 e. The fraction of sp³-hybridized carbons (Fsp3) is 0.682. The molecule has 0 spiro atoms. The predicted octanol–water partition coefficient (Wildman–Crippen LogP) is 4.29. The lowest BCUT2D eigenvalue weighted by Gasteiger charge is -2.27. The number of likely N-dealkylation sites (tertiary alicyclic amines) is 1. The van der Waals surface area contributed by atoms with Gasteiger partial charge in [-0.15, -0.1) is 0 Å². The van der Waals surface area contributed by atoms with Crippen LogP contribution in [0.25, 0.3) is 0 Å². The third kappa shape index (κ3) is 5.31. The van der Waals surface area contributed by atoms with Crippen molar-refractivity contribution < 1.29 is 19.0 Å². The molecule has 0 unspecified atom stereocenters. The Bertz CT molecular complexity index is 631. The van der Waals surface area contributed by atoms with Gasteiger partial charge in [0.1, 0.15) is 11.5 Å². The molecule has 0 radical (unpaired) electrons. The number of urea groups is 1. The number of nitrogens with zero attached hydrogens (tertiary/aromatic N) is 1. The highest BCUT2D eigenvalue weighted by Gasteiger charge is 2.31. The van der Waals surface area contributed by atoms with Gasteiger partial charge in [-0.25, -0.2) is 4.79 Å². The van der Waals surface area contributed by atoms with Gasteiger partial charge in [0, 0.05) is 31.3 Å². The maximum Gasteiger partial charge on any atom is 0.317 e. The van der Waals surface area contributed by atoms with E-state index in [1.54, 1.807) is 14.2 Å². The van der Waals surface area contributed by atoms with Crippen LogP contribution >= 0.6 is 0 Å². The van der Waals surface area contributed by atoms with Gasteiger partial charge in [0.2, 0.25) is 0 Å². The first-order chi connectivity index (χ1) is 13.7. The Kier molecular flexibility index (Phi) is 7.83. The topological polar surface area (TPSA) is 60.0 Å². The van der Waals surface area contributed by atoms with Crippen molar-refractivity contribution in [2.45, 2.75) is 63.5 Å². The number of nitrogens with one attached hydrogen (secondary N) is 1. The van der Waals surface area contributed by atoms with Crippen LogP contribution in [-0.4, -0.2) is 51.0 Å². The monoisotopic (exact) mass is 390 g/mol. The number of hydrogen-bond acceptors (Lipinski definition) is 4. The summed E-state index contributed by atoms with van der Waals surface area (Å²) < 4.78 is 16.8. The number of carbonyl (C=O) groups excluding carboxylic acids is 1. The first-order valence-electron chi connectivity index (χ1n) is 10.6. The highest BCUT2D eigenvalue weighted by Crippen LogP contribution is 2.38. The van der Waals surface area contributed by atoms with E-state index >= 15 is 0 Å². The summed E-state index contributed by atoms with van der Waals surface area (Å²) in [5, 5.41) is 3.06. The Labute approximate surface area is 168 Å². The molecule has 2 aliphatic rings. The summed E-state index contributed by atoms with van der Waals surface area (Å²) in [6, 6.07) is 5.85. The number of methoxy groups -OCH3 is 2. The zero-order valence-corrected chi connectivity index (χ0v) is 17.2. The molecule has 28 heavy (non-hydrogen) atoms. The average molecular weight is 391 g/mol. The van der Waals surface area contributed by atoms with E-state index < -0.39 is 0 Å². The fourth-order valence-corrected chi connectivity index (χ4v) is 4.28. The molecule has 6 heteroatoms. The predicted molar refractivity (Wildman–Crippen MR) is 109 cm³/mol. The molecule has 2 amide bonds. The Morgan fingerprint density at radius 2 is 1.93 bits per heavy atom.